The lowest BCUT2D eigenvalue weighted by atomic mass is 9.74. The van der Waals surface area contributed by atoms with Crippen LogP contribution in [0.3, 0.4) is 0 Å². The standard InChI is InChI=1S/C26H33N3O3S/c30-25(21-8-5-15-27-18-21)28-24-10-4-2-7-22(24)19-33(31,32)29-16-13-26(14-17-29)12-11-20-6-1-3-9-23(20)26/h1-4,6-7,9-10,21,27H,5,8,11-19H2,(H,28,30). The van der Waals surface area contributed by atoms with Crippen LogP contribution in [0.2, 0.25) is 0 Å². The highest BCUT2D eigenvalue weighted by Gasteiger charge is 2.43. The number of amides is 1. The molecular weight excluding hydrogens is 434 g/mol. The number of carbonyl (C=O) groups excluding carboxylic acids is 1. The molecule has 5 rings (SSSR count). The molecule has 1 amide bonds. The average molecular weight is 468 g/mol. The fraction of sp³-hybridized carbons (Fsp3) is 0.500. The van der Waals surface area contributed by atoms with E-state index in [1.165, 1.54) is 11.1 Å². The van der Waals surface area contributed by atoms with Crippen LogP contribution >= 0.6 is 0 Å². The molecule has 1 unspecified atom stereocenters. The Bertz CT molecular complexity index is 1120. The number of aryl methyl sites for hydroxylation is 1. The van der Waals surface area contributed by atoms with Crippen molar-refractivity contribution in [3.8, 4) is 0 Å². The number of carbonyl (C=O) groups is 1. The highest BCUT2D eigenvalue weighted by Crippen LogP contribution is 2.46. The Hall–Kier alpha value is -2.22. The van der Waals surface area contributed by atoms with Gasteiger partial charge in [-0.05, 0) is 73.2 Å². The number of rotatable bonds is 5. The quantitative estimate of drug-likeness (QED) is 0.706. The van der Waals surface area contributed by atoms with E-state index in [1.807, 2.05) is 18.2 Å². The Morgan fingerprint density at radius 2 is 1.82 bits per heavy atom. The number of nitrogens with one attached hydrogen (secondary N) is 2. The number of hydrogen-bond acceptors (Lipinski definition) is 4. The molecule has 2 aromatic rings. The van der Waals surface area contributed by atoms with Crippen molar-refractivity contribution in [1.82, 2.24) is 9.62 Å². The number of benzene rings is 2. The van der Waals surface area contributed by atoms with Gasteiger partial charge in [-0.3, -0.25) is 4.79 Å². The SMILES string of the molecule is O=C(Nc1ccccc1CS(=O)(=O)N1CCC2(CCc3ccccc32)CC1)C1CCCNC1. The molecule has 2 saturated heterocycles. The minimum absolute atomic E-state index is 0.0353. The van der Waals surface area contributed by atoms with Gasteiger partial charge in [0.15, 0.2) is 0 Å². The van der Waals surface area contributed by atoms with Crippen LogP contribution in [-0.2, 0) is 32.4 Å². The summed E-state index contributed by atoms with van der Waals surface area (Å²) in [5, 5.41) is 6.26. The lowest BCUT2D eigenvalue weighted by Crippen LogP contribution is -2.44. The third-order valence-corrected chi connectivity index (χ3v) is 9.64. The zero-order valence-electron chi connectivity index (χ0n) is 19.1. The van der Waals surface area contributed by atoms with E-state index in [9.17, 15) is 13.2 Å². The summed E-state index contributed by atoms with van der Waals surface area (Å²) in [6, 6.07) is 15.9. The molecule has 1 atom stereocenters. The Morgan fingerprint density at radius 1 is 1.06 bits per heavy atom. The molecule has 33 heavy (non-hydrogen) atoms. The van der Waals surface area contributed by atoms with Crippen LogP contribution in [-0.4, -0.2) is 44.8 Å². The van der Waals surface area contributed by atoms with E-state index in [1.54, 1.807) is 10.4 Å². The summed E-state index contributed by atoms with van der Waals surface area (Å²) in [5.41, 5.74) is 4.23. The van der Waals surface area contributed by atoms with Crippen LogP contribution in [0.1, 0.15) is 48.8 Å². The smallest absolute Gasteiger partial charge is 0.228 e. The summed E-state index contributed by atoms with van der Waals surface area (Å²) in [7, 11) is -3.47. The fourth-order valence-electron chi connectivity index (χ4n) is 5.84. The first-order valence-corrected chi connectivity index (χ1v) is 13.7. The van der Waals surface area contributed by atoms with E-state index in [2.05, 4.69) is 34.9 Å². The number of piperidine rings is 2. The molecule has 2 aromatic carbocycles. The second kappa shape index (κ2) is 9.20. The maximum Gasteiger partial charge on any atom is 0.228 e. The molecule has 6 nitrogen and oxygen atoms in total. The Kier molecular flexibility index (Phi) is 6.29. The van der Waals surface area contributed by atoms with Crippen molar-refractivity contribution in [2.45, 2.75) is 49.7 Å². The third kappa shape index (κ3) is 4.59. The van der Waals surface area contributed by atoms with Crippen molar-refractivity contribution in [2.24, 2.45) is 5.92 Å². The van der Waals surface area contributed by atoms with Crippen LogP contribution in [0, 0.1) is 5.92 Å². The van der Waals surface area contributed by atoms with Gasteiger partial charge in [-0.1, -0.05) is 42.5 Å². The van der Waals surface area contributed by atoms with E-state index in [0.717, 1.165) is 45.1 Å². The molecule has 2 fully saturated rings. The predicted octanol–water partition coefficient (Wildman–Crippen LogP) is 3.43. The summed E-state index contributed by atoms with van der Waals surface area (Å²) >= 11 is 0. The number of anilines is 1. The number of para-hydroxylation sites is 1. The van der Waals surface area contributed by atoms with E-state index in [4.69, 9.17) is 0 Å². The van der Waals surface area contributed by atoms with Gasteiger partial charge in [0, 0.05) is 25.3 Å². The average Bonchev–Trinajstić information content (AvgIpc) is 3.19. The molecule has 3 aliphatic rings. The first-order chi connectivity index (χ1) is 16.0. The lowest BCUT2D eigenvalue weighted by molar-refractivity contribution is -0.120. The van der Waals surface area contributed by atoms with Gasteiger partial charge in [-0.2, -0.15) is 0 Å². The zero-order chi connectivity index (χ0) is 22.9. The van der Waals surface area contributed by atoms with Gasteiger partial charge in [0.05, 0.1) is 11.7 Å². The molecule has 0 radical (unpaired) electrons. The topological polar surface area (TPSA) is 78.5 Å². The normalized spacial score (nSPS) is 22.7. The van der Waals surface area contributed by atoms with Gasteiger partial charge in [0.2, 0.25) is 15.9 Å². The van der Waals surface area contributed by atoms with Crippen molar-refractivity contribution in [3.63, 3.8) is 0 Å². The van der Waals surface area contributed by atoms with Crippen molar-refractivity contribution >= 4 is 21.6 Å². The molecular formula is C26H33N3O3S. The van der Waals surface area contributed by atoms with Gasteiger partial charge < -0.3 is 10.6 Å². The molecule has 176 valence electrons. The zero-order valence-corrected chi connectivity index (χ0v) is 19.9. The van der Waals surface area contributed by atoms with Gasteiger partial charge in [-0.25, -0.2) is 12.7 Å². The van der Waals surface area contributed by atoms with E-state index < -0.39 is 10.0 Å². The molecule has 7 heteroatoms. The van der Waals surface area contributed by atoms with Crippen LogP contribution in [0.15, 0.2) is 48.5 Å². The molecule has 1 spiro atoms. The highest BCUT2D eigenvalue weighted by atomic mass is 32.2. The minimum atomic E-state index is -3.47. The number of sulfonamides is 1. The van der Waals surface area contributed by atoms with Crippen LogP contribution in [0.4, 0.5) is 5.69 Å². The Balaban J connectivity index is 1.26. The van der Waals surface area contributed by atoms with E-state index >= 15 is 0 Å². The number of nitrogens with zero attached hydrogens (tertiary/aromatic N) is 1. The molecule has 2 aliphatic heterocycles. The monoisotopic (exact) mass is 467 g/mol. The largest absolute Gasteiger partial charge is 0.326 e. The molecule has 1 aliphatic carbocycles. The van der Waals surface area contributed by atoms with Crippen molar-refractivity contribution < 1.29 is 13.2 Å². The summed E-state index contributed by atoms with van der Waals surface area (Å²) in [4.78, 5) is 12.7. The third-order valence-electron chi connectivity index (χ3n) is 7.82. The second-order valence-corrected chi connectivity index (χ2v) is 11.8. The Labute approximate surface area is 196 Å². The molecule has 0 bridgehead atoms. The predicted molar refractivity (Wildman–Crippen MR) is 131 cm³/mol. The summed E-state index contributed by atoms with van der Waals surface area (Å²) in [6.07, 6.45) is 5.79. The maximum absolute atomic E-state index is 13.3. The summed E-state index contributed by atoms with van der Waals surface area (Å²) in [5.74, 6) is -0.196. The van der Waals surface area contributed by atoms with Crippen LogP contribution in [0.25, 0.3) is 0 Å². The molecule has 0 aromatic heterocycles. The van der Waals surface area contributed by atoms with Crippen molar-refractivity contribution in [3.05, 3.63) is 65.2 Å². The summed E-state index contributed by atoms with van der Waals surface area (Å²) in [6.45, 7) is 2.73. The van der Waals surface area contributed by atoms with Crippen molar-refractivity contribution in [1.29, 1.82) is 0 Å². The lowest BCUT2D eigenvalue weighted by Gasteiger charge is -2.39. The van der Waals surface area contributed by atoms with Gasteiger partial charge in [0.25, 0.3) is 0 Å². The van der Waals surface area contributed by atoms with Gasteiger partial charge in [-0.15, -0.1) is 0 Å². The number of hydrogen-bond donors (Lipinski definition) is 2. The minimum Gasteiger partial charge on any atom is -0.326 e. The van der Waals surface area contributed by atoms with Crippen LogP contribution in [0.5, 0.6) is 0 Å². The Morgan fingerprint density at radius 3 is 2.61 bits per heavy atom. The molecule has 2 N–H and O–H groups in total. The number of fused-ring (bicyclic) bond motifs is 2. The maximum atomic E-state index is 13.3. The first-order valence-electron chi connectivity index (χ1n) is 12.1. The van der Waals surface area contributed by atoms with Gasteiger partial charge in [0.1, 0.15) is 0 Å². The fourth-order valence-corrected chi connectivity index (χ4v) is 7.41. The van der Waals surface area contributed by atoms with Crippen LogP contribution < -0.4 is 10.6 Å². The van der Waals surface area contributed by atoms with E-state index in [0.29, 0.717) is 30.9 Å². The highest BCUT2D eigenvalue weighted by molar-refractivity contribution is 7.88. The second-order valence-electron chi connectivity index (χ2n) is 9.78. The van der Waals surface area contributed by atoms with E-state index in [-0.39, 0.29) is 23.0 Å². The molecule has 0 saturated carbocycles. The van der Waals surface area contributed by atoms with Gasteiger partial charge >= 0.3 is 0 Å². The molecule has 2 heterocycles. The summed E-state index contributed by atoms with van der Waals surface area (Å²) < 4.78 is 28.3. The first kappa shape index (κ1) is 22.6. The van der Waals surface area contributed by atoms with Crippen molar-refractivity contribution in [2.75, 3.05) is 31.5 Å².